The Bertz CT molecular complexity index is 1320. The summed E-state index contributed by atoms with van der Waals surface area (Å²) in [6.45, 7) is 4.82. The Morgan fingerprint density at radius 2 is 1.75 bits per heavy atom. The lowest BCUT2D eigenvalue weighted by Crippen LogP contribution is -2.43. The number of aromatic amines is 1. The fraction of sp³-hybridized carbons (Fsp3) is 0.280. The van der Waals surface area contributed by atoms with Crippen LogP contribution in [0.5, 0.6) is 5.75 Å². The molecule has 4 N–H and O–H groups in total. The summed E-state index contributed by atoms with van der Waals surface area (Å²) in [5.41, 5.74) is 0.405. The molecule has 0 spiro atoms. The van der Waals surface area contributed by atoms with Crippen LogP contribution in [-0.4, -0.2) is 51.5 Å². The lowest BCUT2D eigenvalue weighted by atomic mass is 9.95. The Morgan fingerprint density at radius 1 is 1.06 bits per heavy atom. The van der Waals surface area contributed by atoms with Crippen molar-refractivity contribution in [3.8, 4) is 17.0 Å². The van der Waals surface area contributed by atoms with E-state index in [1.807, 2.05) is 36.4 Å². The Labute approximate surface area is 207 Å². The Balaban J connectivity index is 1.69. The van der Waals surface area contributed by atoms with Crippen LogP contribution in [0.3, 0.4) is 0 Å². The van der Waals surface area contributed by atoms with Gasteiger partial charge in [0.1, 0.15) is 11.3 Å². The van der Waals surface area contributed by atoms with E-state index in [-0.39, 0.29) is 17.9 Å². The van der Waals surface area contributed by atoms with Crippen molar-refractivity contribution in [2.45, 2.75) is 26.3 Å². The molecule has 2 heterocycles. The molecule has 2 aromatic heterocycles. The molecule has 0 radical (unpaired) electrons. The number of carboxylic acids is 1. The Kier molecular flexibility index (Phi) is 7.83. The van der Waals surface area contributed by atoms with Gasteiger partial charge < -0.3 is 25.5 Å². The average molecular weight is 494 g/mol. The van der Waals surface area contributed by atoms with Crippen LogP contribution in [0.4, 0.5) is 0 Å². The minimum atomic E-state index is -1.07. The maximum absolute atomic E-state index is 12.8. The molecule has 0 unspecified atom stereocenters. The summed E-state index contributed by atoms with van der Waals surface area (Å²) in [5, 5.41) is 14.0. The zero-order valence-electron chi connectivity index (χ0n) is 20.3. The fourth-order valence-corrected chi connectivity index (χ4v) is 3.21. The van der Waals surface area contributed by atoms with Gasteiger partial charge in [-0.3, -0.25) is 24.2 Å². The summed E-state index contributed by atoms with van der Waals surface area (Å²) < 4.78 is 5.17. The van der Waals surface area contributed by atoms with E-state index in [4.69, 9.17) is 9.84 Å². The van der Waals surface area contributed by atoms with E-state index < -0.39 is 34.8 Å². The number of amides is 2. The molecular formula is C25H27N5O6. The van der Waals surface area contributed by atoms with Crippen LogP contribution < -0.4 is 20.9 Å². The zero-order chi connectivity index (χ0) is 26.5. The summed E-state index contributed by atoms with van der Waals surface area (Å²) in [6, 6.07) is 11.1. The number of carbonyl (C=O) groups excluding carboxylic acids is 2. The van der Waals surface area contributed by atoms with E-state index in [0.29, 0.717) is 5.56 Å². The molecule has 11 nitrogen and oxygen atoms in total. The van der Waals surface area contributed by atoms with Crippen LogP contribution in [0.2, 0.25) is 0 Å². The minimum Gasteiger partial charge on any atom is -0.497 e. The predicted molar refractivity (Wildman–Crippen MR) is 131 cm³/mol. The number of carbonyl (C=O) groups is 3. The van der Waals surface area contributed by atoms with Crippen molar-refractivity contribution in [3.05, 3.63) is 76.1 Å². The molecule has 36 heavy (non-hydrogen) atoms. The molecule has 0 aliphatic rings. The molecule has 11 heteroatoms. The van der Waals surface area contributed by atoms with E-state index in [0.717, 1.165) is 23.2 Å². The first-order chi connectivity index (χ1) is 17.0. The number of nitrogens with zero attached hydrogens (tertiary/aromatic N) is 2. The van der Waals surface area contributed by atoms with Gasteiger partial charge in [-0.2, -0.15) is 0 Å². The number of nitrogens with one attached hydrogen (secondary N) is 3. The number of rotatable bonds is 9. The molecule has 3 aromatic rings. The number of benzene rings is 1. The van der Waals surface area contributed by atoms with Crippen LogP contribution in [-0.2, 0) is 10.3 Å². The third-order valence-corrected chi connectivity index (χ3v) is 5.55. The third kappa shape index (κ3) is 6.12. The molecule has 188 valence electrons. The quantitative estimate of drug-likeness (QED) is 0.351. The maximum atomic E-state index is 12.8. The van der Waals surface area contributed by atoms with Crippen molar-refractivity contribution in [3.63, 3.8) is 0 Å². The van der Waals surface area contributed by atoms with Gasteiger partial charge in [-0.15, -0.1) is 0 Å². The lowest BCUT2D eigenvalue weighted by molar-refractivity contribution is -0.140. The number of pyridine rings is 1. The summed E-state index contributed by atoms with van der Waals surface area (Å²) in [7, 11) is 1.60. The average Bonchev–Trinajstić information content (AvgIpc) is 2.86. The van der Waals surface area contributed by atoms with Gasteiger partial charge in [-0.25, -0.2) is 4.98 Å². The molecule has 0 saturated heterocycles. The number of aromatic nitrogens is 3. The van der Waals surface area contributed by atoms with Gasteiger partial charge in [0.25, 0.3) is 17.4 Å². The highest BCUT2D eigenvalue weighted by atomic mass is 16.5. The van der Waals surface area contributed by atoms with Gasteiger partial charge in [0.05, 0.1) is 24.3 Å². The third-order valence-electron chi connectivity index (χ3n) is 5.55. The van der Waals surface area contributed by atoms with Gasteiger partial charge >= 0.3 is 5.97 Å². The molecule has 0 aliphatic heterocycles. The van der Waals surface area contributed by atoms with Crippen LogP contribution in [0, 0.1) is 5.92 Å². The SMILES string of the molecule is COc1ccc(-c2ccc(C(C)(C)NC(=O)c3cnc(C(=O)NC[C@@H](C)C(=O)O)[nH]c3=O)cn2)cc1. The van der Waals surface area contributed by atoms with Crippen molar-refractivity contribution in [2.24, 2.45) is 5.92 Å². The second-order valence-electron chi connectivity index (χ2n) is 8.66. The lowest BCUT2D eigenvalue weighted by Gasteiger charge is -2.26. The molecule has 1 atom stereocenters. The Hall–Kier alpha value is -4.54. The van der Waals surface area contributed by atoms with E-state index in [1.165, 1.54) is 6.92 Å². The molecule has 3 rings (SSSR count). The molecular weight excluding hydrogens is 466 g/mol. The highest BCUT2D eigenvalue weighted by Crippen LogP contribution is 2.24. The van der Waals surface area contributed by atoms with E-state index >= 15 is 0 Å². The van der Waals surface area contributed by atoms with Crippen molar-refractivity contribution >= 4 is 17.8 Å². The van der Waals surface area contributed by atoms with Gasteiger partial charge in [0.2, 0.25) is 0 Å². The predicted octanol–water partition coefficient (Wildman–Crippen LogP) is 1.96. The number of methoxy groups -OCH3 is 1. The summed E-state index contributed by atoms with van der Waals surface area (Å²) in [5.74, 6) is -2.91. The molecule has 0 bridgehead atoms. The monoisotopic (exact) mass is 493 g/mol. The summed E-state index contributed by atoms with van der Waals surface area (Å²) >= 11 is 0. The second-order valence-corrected chi connectivity index (χ2v) is 8.66. The van der Waals surface area contributed by atoms with Crippen LogP contribution in [0.1, 0.15) is 47.3 Å². The molecule has 2 amide bonds. The largest absolute Gasteiger partial charge is 0.497 e. The van der Waals surface area contributed by atoms with E-state index in [1.54, 1.807) is 27.2 Å². The number of H-pyrrole nitrogens is 1. The number of hydrogen-bond donors (Lipinski definition) is 4. The van der Waals surface area contributed by atoms with Crippen molar-refractivity contribution in [2.75, 3.05) is 13.7 Å². The highest BCUT2D eigenvalue weighted by molar-refractivity contribution is 5.95. The smallest absolute Gasteiger partial charge is 0.308 e. The van der Waals surface area contributed by atoms with E-state index in [2.05, 4.69) is 25.6 Å². The number of aliphatic carboxylic acids is 1. The first-order valence-electron chi connectivity index (χ1n) is 11.1. The van der Waals surface area contributed by atoms with E-state index in [9.17, 15) is 19.2 Å². The van der Waals surface area contributed by atoms with Gasteiger partial charge in [0.15, 0.2) is 5.82 Å². The van der Waals surface area contributed by atoms with Crippen molar-refractivity contribution in [1.82, 2.24) is 25.6 Å². The summed E-state index contributed by atoms with van der Waals surface area (Å²) in [6.07, 6.45) is 2.65. The van der Waals surface area contributed by atoms with Crippen LogP contribution >= 0.6 is 0 Å². The van der Waals surface area contributed by atoms with Gasteiger partial charge in [-0.05, 0) is 49.7 Å². The van der Waals surface area contributed by atoms with Crippen molar-refractivity contribution in [1.29, 1.82) is 0 Å². The zero-order valence-corrected chi connectivity index (χ0v) is 20.3. The fourth-order valence-electron chi connectivity index (χ4n) is 3.21. The number of ether oxygens (including phenoxy) is 1. The molecule has 0 aliphatic carbocycles. The molecule has 1 aromatic carbocycles. The van der Waals surface area contributed by atoms with Gasteiger partial charge in [0, 0.05) is 24.5 Å². The van der Waals surface area contributed by atoms with Crippen molar-refractivity contribution < 1.29 is 24.2 Å². The molecule has 0 saturated carbocycles. The molecule has 0 fully saturated rings. The normalized spacial score (nSPS) is 11.9. The topological polar surface area (TPSA) is 163 Å². The Morgan fingerprint density at radius 3 is 2.31 bits per heavy atom. The maximum Gasteiger partial charge on any atom is 0.308 e. The minimum absolute atomic E-state index is 0.139. The van der Waals surface area contributed by atoms with Crippen LogP contribution in [0.25, 0.3) is 11.3 Å². The highest BCUT2D eigenvalue weighted by Gasteiger charge is 2.26. The first-order valence-corrected chi connectivity index (χ1v) is 11.1. The summed E-state index contributed by atoms with van der Waals surface area (Å²) in [4.78, 5) is 58.8. The number of hydrogen-bond acceptors (Lipinski definition) is 7. The second kappa shape index (κ2) is 10.8. The standard InChI is InChI=1S/C25H27N5O6/c1-14(24(34)35)11-28-23(33)20-27-13-18(21(31)29-20)22(32)30-25(2,3)16-7-10-19(26-12-16)15-5-8-17(36-4)9-6-15/h5-10,12-14H,11H2,1-4H3,(H,28,33)(H,30,32)(H,34,35)(H,27,29,31)/t14-/m1/s1. The van der Waals surface area contributed by atoms with Crippen LogP contribution in [0.15, 0.2) is 53.6 Å². The number of carboxylic acid groups (broad SMARTS) is 1. The van der Waals surface area contributed by atoms with Gasteiger partial charge in [-0.1, -0.05) is 13.0 Å². The first kappa shape index (κ1) is 26.1.